The molecule has 1 unspecified atom stereocenters. The van der Waals surface area contributed by atoms with Gasteiger partial charge in [0.2, 0.25) is 0 Å². The van der Waals surface area contributed by atoms with E-state index in [4.69, 9.17) is 33.7 Å². The Hall–Kier alpha value is -0.810. The molecule has 0 aliphatic carbocycles. The van der Waals surface area contributed by atoms with Crippen LogP contribution in [0.2, 0.25) is 10.0 Å². The molecule has 0 heterocycles. The summed E-state index contributed by atoms with van der Waals surface area (Å²) in [6.45, 7) is 1.75. The number of benzene rings is 2. The Bertz CT molecular complexity index is 649. The standard InChI is InChI=1S/C14H11BrCl2FNO/c1-7(19)8-3-2-4-12(18)14(8)20-13-6-10(16)9(15)5-11(13)17/h2-7H,19H2,1H3. The summed E-state index contributed by atoms with van der Waals surface area (Å²) in [7, 11) is 0. The molecule has 0 saturated heterocycles. The van der Waals surface area contributed by atoms with Crippen LogP contribution in [0.4, 0.5) is 4.39 Å². The van der Waals surface area contributed by atoms with Gasteiger partial charge in [-0.25, -0.2) is 4.39 Å². The van der Waals surface area contributed by atoms with Crippen LogP contribution < -0.4 is 10.5 Å². The second kappa shape index (κ2) is 6.31. The van der Waals surface area contributed by atoms with Crippen LogP contribution >= 0.6 is 39.1 Å². The van der Waals surface area contributed by atoms with E-state index in [2.05, 4.69) is 15.9 Å². The van der Waals surface area contributed by atoms with Crippen LogP contribution in [0.3, 0.4) is 0 Å². The fourth-order valence-electron chi connectivity index (χ4n) is 1.68. The van der Waals surface area contributed by atoms with E-state index in [1.807, 2.05) is 0 Å². The molecule has 2 N–H and O–H groups in total. The molecule has 0 radical (unpaired) electrons. The number of rotatable bonds is 3. The minimum Gasteiger partial charge on any atom is -0.452 e. The Balaban J connectivity index is 2.47. The number of para-hydroxylation sites is 1. The molecule has 0 aliphatic heterocycles. The first kappa shape index (κ1) is 15.6. The Labute approximate surface area is 134 Å². The molecule has 0 bridgehead atoms. The lowest BCUT2D eigenvalue weighted by molar-refractivity contribution is 0.433. The Morgan fingerprint density at radius 3 is 2.60 bits per heavy atom. The number of hydrogen-bond donors (Lipinski definition) is 1. The van der Waals surface area contributed by atoms with Crippen LogP contribution in [0.25, 0.3) is 0 Å². The summed E-state index contributed by atoms with van der Waals surface area (Å²) in [5.74, 6) is -0.176. The molecule has 0 saturated carbocycles. The van der Waals surface area contributed by atoms with E-state index in [0.717, 1.165) is 0 Å². The lowest BCUT2D eigenvalue weighted by Gasteiger charge is -2.15. The van der Waals surface area contributed by atoms with E-state index in [0.29, 0.717) is 20.1 Å². The predicted molar refractivity (Wildman–Crippen MR) is 83.2 cm³/mol. The van der Waals surface area contributed by atoms with Crippen LogP contribution in [0.5, 0.6) is 11.5 Å². The van der Waals surface area contributed by atoms with Crippen LogP contribution in [0.1, 0.15) is 18.5 Å². The van der Waals surface area contributed by atoms with Crippen molar-refractivity contribution in [2.75, 3.05) is 0 Å². The van der Waals surface area contributed by atoms with E-state index < -0.39 is 5.82 Å². The molecule has 0 spiro atoms. The van der Waals surface area contributed by atoms with Gasteiger partial charge < -0.3 is 10.5 Å². The van der Waals surface area contributed by atoms with Crippen LogP contribution in [0.15, 0.2) is 34.8 Å². The zero-order valence-corrected chi connectivity index (χ0v) is 13.6. The van der Waals surface area contributed by atoms with Crippen molar-refractivity contribution in [2.45, 2.75) is 13.0 Å². The van der Waals surface area contributed by atoms with Gasteiger partial charge in [-0.2, -0.15) is 0 Å². The highest BCUT2D eigenvalue weighted by molar-refractivity contribution is 9.10. The van der Waals surface area contributed by atoms with Crippen molar-refractivity contribution in [3.63, 3.8) is 0 Å². The molecule has 106 valence electrons. The third-order valence-corrected chi connectivity index (χ3v) is 4.17. The van der Waals surface area contributed by atoms with E-state index in [1.54, 1.807) is 25.1 Å². The SMILES string of the molecule is CC(N)c1cccc(F)c1Oc1cc(Cl)c(Br)cc1Cl. The van der Waals surface area contributed by atoms with Gasteiger partial charge in [-0.05, 0) is 35.0 Å². The Morgan fingerprint density at radius 2 is 1.95 bits per heavy atom. The second-order valence-corrected chi connectivity index (χ2v) is 5.91. The van der Waals surface area contributed by atoms with Gasteiger partial charge in [0.1, 0.15) is 5.75 Å². The van der Waals surface area contributed by atoms with E-state index in [-0.39, 0.29) is 17.5 Å². The van der Waals surface area contributed by atoms with Crippen molar-refractivity contribution in [3.05, 3.63) is 56.2 Å². The highest BCUT2D eigenvalue weighted by Crippen LogP contribution is 2.39. The average molecular weight is 379 g/mol. The quantitative estimate of drug-likeness (QED) is 0.694. The molecule has 2 nitrogen and oxygen atoms in total. The lowest BCUT2D eigenvalue weighted by atomic mass is 10.1. The minimum atomic E-state index is -0.505. The summed E-state index contributed by atoms with van der Waals surface area (Å²) in [4.78, 5) is 0. The summed E-state index contributed by atoms with van der Waals surface area (Å²) < 4.78 is 20.2. The first-order valence-electron chi connectivity index (χ1n) is 5.76. The normalized spacial score (nSPS) is 12.3. The van der Waals surface area contributed by atoms with Crippen molar-refractivity contribution < 1.29 is 9.13 Å². The van der Waals surface area contributed by atoms with Gasteiger partial charge in [0, 0.05) is 22.1 Å². The van der Waals surface area contributed by atoms with Crippen LogP contribution in [-0.4, -0.2) is 0 Å². The summed E-state index contributed by atoms with van der Waals surface area (Å²) in [5.41, 5.74) is 6.37. The summed E-state index contributed by atoms with van der Waals surface area (Å²) in [6.07, 6.45) is 0. The Kier molecular flexibility index (Phi) is 4.91. The fraction of sp³-hybridized carbons (Fsp3) is 0.143. The Morgan fingerprint density at radius 1 is 1.25 bits per heavy atom. The van der Waals surface area contributed by atoms with E-state index in [9.17, 15) is 4.39 Å². The zero-order chi connectivity index (χ0) is 14.9. The highest BCUT2D eigenvalue weighted by Gasteiger charge is 2.16. The molecule has 0 amide bonds. The molecule has 2 rings (SSSR count). The monoisotopic (exact) mass is 377 g/mol. The van der Waals surface area contributed by atoms with Gasteiger partial charge in [-0.15, -0.1) is 0 Å². The largest absolute Gasteiger partial charge is 0.452 e. The smallest absolute Gasteiger partial charge is 0.167 e. The van der Waals surface area contributed by atoms with Gasteiger partial charge in [-0.1, -0.05) is 35.3 Å². The predicted octanol–water partition coefficient (Wildman–Crippen LogP) is 5.71. The van der Waals surface area contributed by atoms with Gasteiger partial charge in [0.05, 0.1) is 10.0 Å². The van der Waals surface area contributed by atoms with Crippen molar-refractivity contribution in [1.29, 1.82) is 0 Å². The molecule has 0 aliphatic rings. The third kappa shape index (κ3) is 3.26. The number of nitrogens with two attached hydrogens (primary N) is 1. The average Bonchev–Trinajstić information content (AvgIpc) is 2.37. The minimum absolute atomic E-state index is 0.0581. The van der Waals surface area contributed by atoms with Gasteiger partial charge in [0.25, 0.3) is 0 Å². The third-order valence-electron chi connectivity index (χ3n) is 2.67. The summed E-state index contributed by atoms with van der Waals surface area (Å²) in [6, 6.07) is 7.33. The van der Waals surface area contributed by atoms with Gasteiger partial charge >= 0.3 is 0 Å². The van der Waals surface area contributed by atoms with Crippen molar-refractivity contribution in [2.24, 2.45) is 5.73 Å². The van der Waals surface area contributed by atoms with Gasteiger partial charge in [0.15, 0.2) is 11.6 Å². The zero-order valence-electron chi connectivity index (χ0n) is 10.5. The first-order valence-corrected chi connectivity index (χ1v) is 7.31. The number of hydrogen-bond acceptors (Lipinski definition) is 2. The molecule has 0 aromatic heterocycles. The molecule has 2 aromatic carbocycles. The van der Waals surface area contributed by atoms with Crippen molar-refractivity contribution in [1.82, 2.24) is 0 Å². The number of ether oxygens (including phenoxy) is 1. The molecular formula is C14H11BrCl2FNO. The van der Waals surface area contributed by atoms with E-state index >= 15 is 0 Å². The van der Waals surface area contributed by atoms with Crippen molar-refractivity contribution in [3.8, 4) is 11.5 Å². The van der Waals surface area contributed by atoms with Crippen molar-refractivity contribution >= 4 is 39.1 Å². The maximum absolute atomic E-state index is 13.9. The van der Waals surface area contributed by atoms with Gasteiger partial charge in [-0.3, -0.25) is 0 Å². The first-order chi connectivity index (χ1) is 9.40. The molecule has 0 fully saturated rings. The summed E-state index contributed by atoms with van der Waals surface area (Å²) >= 11 is 15.3. The second-order valence-electron chi connectivity index (χ2n) is 4.25. The van der Waals surface area contributed by atoms with Crippen LogP contribution in [-0.2, 0) is 0 Å². The topological polar surface area (TPSA) is 35.2 Å². The maximum atomic E-state index is 13.9. The molecule has 6 heteroatoms. The van der Waals surface area contributed by atoms with E-state index in [1.165, 1.54) is 12.1 Å². The van der Waals surface area contributed by atoms with Crippen LogP contribution in [0, 0.1) is 5.82 Å². The maximum Gasteiger partial charge on any atom is 0.167 e. The lowest BCUT2D eigenvalue weighted by Crippen LogP contribution is -2.07. The molecule has 2 aromatic rings. The number of halogens is 4. The molecule has 1 atom stereocenters. The fourth-order valence-corrected chi connectivity index (χ4v) is 2.52. The molecule has 20 heavy (non-hydrogen) atoms. The highest BCUT2D eigenvalue weighted by atomic mass is 79.9. The molecular weight excluding hydrogens is 368 g/mol. The summed E-state index contributed by atoms with van der Waals surface area (Å²) in [5, 5.41) is 0.739.